The molecule has 0 spiro atoms. The molecule has 92 valence electrons. The van der Waals surface area contributed by atoms with E-state index in [1.54, 1.807) is 0 Å². The summed E-state index contributed by atoms with van der Waals surface area (Å²) in [5.41, 5.74) is 0. The Bertz CT molecular complexity index is 172. The summed E-state index contributed by atoms with van der Waals surface area (Å²) in [5, 5.41) is 0. The Morgan fingerprint density at radius 2 is 1.47 bits per heavy atom. The molecule has 0 fully saturated rings. The Kier molecular flexibility index (Phi) is 6.58. The molecule has 0 aliphatic carbocycles. The Morgan fingerprint density at radius 3 is 1.87 bits per heavy atom. The Labute approximate surface area is 99.1 Å². The van der Waals surface area contributed by atoms with Crippen LogP contribution in [0.4, 0.5) is 0 Å². The predicted molar refractivity (Wildman–Crippen MR) is 76.5 cm³/mol. The molecule has 0 aromatic rings. The van der Waals surface area contributed by atoms with Crippen LogP contribution in [-0.4, -0.2) is 43.9 Å². The van der Waals surface area contributed by atoms with Crippen molar-refractivity contribution in [2.75, 3.05) is 18.7 Å². The van der Waals surface area contributed by atoms with Gasteiger partial charge in [0.25, 0.3) is 0 Å². The predicted octanol–water partition coefficient (Wildman–Crippen LogP) is 2.67. The first-order valence-corrected chi connectivity index (χ1v) is 15.7. The maximum Gasteiger partial charge on any atom is 0.183 e. The number of hydrogen-bond acceptors (Lipinski definition) is 2. The van der Waals surface area contributed by atoms with Crippen LogP contribution in [0.25, 0.3) is 0 Å². The molecule has 0 N–H and O–H groups in total. The van der Waals surface area contributed by atoms with Crippen LogP contribution < -0.4 is 0 Å². The maximum absolute atomic E-state index is 5.91. The molecule has 0 saturated carbocycles. The summed E-state index contributed by atoms with van der Waals surface area (Å²) in [6, 6.07) is 0. The molecule has 0 aliphatic rings. The van der Waals surface area contributed by atoms with Crippen LogP contribution in [0.2, 0.25) is 45.8 Å². The molecule has 2 nitrogen and oxygen atoms in total. The molecule has 15 heavy (non-hydrogen) atoms. The molecular weight excluding hydrogens is 236 g/mol. The third kappa shape index (κ3) is 12.5. The highest BCUT2D eigenvalue weighted by molar-refractivity contribution is 6.76. The van der Waals surface area contributed by atoms with Gasteiger partial charge in [0, 0.05) is 18.7 Å². The molecule has 0 bridgehead atoms. The third-order valence-corrected chi connectivity index (χ3v) is 5.71. The number of rotatable bonds is 7. The van der Waals surface area contributed by atoms with Crippen molar-refractivity contribution in [3.8, 4) is 0 Å². The fraction of sp³-hybridized carbons (Fsp3) is 1.00. The normalized spacial score (nSPS) is 15.4. The van der Waals surface area contributed by atoms with Crippen molar-refractivity contribution in [1.29, 1.82) is 0 Å². The van der Waals surface area contributed by atoms with Crippen molar-refractivity contribution in [1.82, 2.24) is 0 Å². The minimum atomic E-state index is -1.31. The van der Waals surface area contributed by atoms with Gasteiger partial charge in [0.1, 0.15) is 0 Å². The van der Waals surface area contributed by atoms with E-state index in [9.17, 15) is 0 Å². The summed E-state index contributed by atoms with van der Waals surface area (Å²) in [5.74, 6) is 0. The molecule has 0 aromatic carbocycles. The van der Waals surface area contributed by atoms with E-state index in [1.165, 1.54) is 0 Å². The second kappa shape index (κ2) is 6.34. The first-order valence-electron chi connectivity index (χ1n) is 5.82. The van der Waals surface area contributed by atoms with Gasteiger partial charge in [-0.1, -0.05) is 26.2 Å². The van der Waals surface area contributed by atoms with Crippen molar-refractivity contribution in [2.45, 2.75) is 45.8 Å². The second-order valence-electron chi connectivity index (χ2n) is 6.60. The molecule has 0 heterocycles. The standard InChI is InChI=1S/C10H28O2Si3/c1-13(9-12-15(5,6)7)8-11-10-14(2,3)4/h13H,8-10H2,1-7H3. The van der Waals surface area contributed by atoms with E-state index in [-0.39, 0.29) is 0 Å². The lowest BCUT2D eigenvalue weighted by Gasteiger charge is -2.21. The van der Waals surface area contributed by atoms with Gasteiger partial charge in [-0.2, -0.15) is 0 Å². The first-order chi connectivity index (χ1) is 6.60. The molecule has 0 saturated heterocycles. The Hall–Kier alpha value is 0.571. The average molecular weight is 265 g/mol. The lowest BCUT2D eigenvalue weighted by molar-refractivity contribution is 0.216. The fourth-order valence-corrected chi connectivity index (χ4v) is 5.73. The quantitative estimate of drug-likeness (QED) is 0.658. The van der Waals surface area contributed by atoms with Gasteiger partial charge in [-0.25, -0.2) is 0 Å². The average Bonchev–Trinajstić information content (AvgIpc) is 1.97. The van der Waals surface area contributed by atoms with Crippen molar-refractivity contribution in [2.24, 2.45) is 0 Å². The zero-order valence-electron chi connectivity index (χ0n) is 11.5. The van der Waals surface area contributed by atoms with Gasteiger partial charge in [0.2, 0.25) is 0 Å². The van der Waals surface area contributed by atoms with Crippen LogP contribution >= 0.6 is 0 Å². The molecular formula is C10H28O2Si3. The van der Waals surface area contributed by atoms with Crippen molar-refractivity contribution >= 4 is 25.2 Å². The highest BCUT2D eigenvalue weighted by atomic mass is 28.4. The van der Waals surface area contributed by atoms with E-state index in [2.05, 4.69) is 45.8 Å². The molecule has 1 unspecified atom stereocenters. The summed E-state index contributed by atoms with van der Waals surface area (Å²) < 4.78 is 11.7. The summed E-state index contributed by atoms with van der Waals surface area (Å²) in [4.78, 5) is 0. The third-order valence-electron chi connectivity index (χ3n) is 1.74. The topological polar surface area (TPSA) is 18.5 Å². The van der Waals surface area contributed by atoms with Crippen LogP contribution in [0.1, 0.15) is 0 Å². The van der Waals surface area contributed by atoms with Crippen molar-refractivity contribution in [3.63, 3.8) is 0 Å². The van der Waals surface area contributed by atoms with Gasteiger partial charge in [-0.3, -0.25) is 0 Å². The van der Waals surface area contributed by atoms with Crippen LogP contribution in [0.5, 0.6) is 0 Å². The molecule has 0 aliphatic heterocycles. The molecule has 0 rings (SSSR count). The van der Waals surface area contributed by atoms with Gasteiger partial charge >= 0.3 is 0 Å². The van der Waals surface area contributed by atoms with Gasteiger partial charge in [0.15, 0.2) is 8.32 Å². The maximum atomic E-state index is 5.91. The molecule has 0 amide bonds. The van der Waals surface area contributed by atoms with Gasteiger partial charge in [-0.15, -0.1) is 0 Å². The number of hydrogen-bond donors (Lipinski definition) is 0. The summed E-state index contributed by atoms with van der Waals surface area (Å²) in [7, 11) is -3.10. The van der Waals surface area contributed by atoms with E-state index >= 15 is 0 Å². The smallest absolute Gasteiger partial charge is 0.183 e. The van der Waals surface area contributed by atoms with Crippen LogP contribution in [0.15, 0.2) is 0 Å². The Morgan fingerprint density at radius 1 is 0.933 bits per heavy atom. The minimum absolute atomic E-state index is 0.779. The van der Waals surface area contributed by atoms with Gasteiger partial charge in [0.05, 0.1) is 16.9 Å². The summed E-state index contributed by atoms with van der Waals surface area (Å²) in [6.07, 6.45) is 2.97. The lowest BCUT2D eigenvalue weighted by atomic mass is 11.5. The van der Waals surface area contributed by atoms with Crippen LogP contribution in [-0.2, 0) is 9.16 Å². The summed E-state index contributed by atoms with van der Waals surface area (Å²) in [6.45, 7) is 16.1. The van der Waals surface area contributed by atoms with E-state index < -0.39 is 25.2 Å². The first kappa shape index (κ1) is 15.6. The summed E-state index contributed by atoms with van der Waals surface area (Å²) >= 11 is 0. The molecule has 0 aromatic heterocycles. The van der Waals surface area contributed by atoms with Gasteiger partial charge < -0.3 is 9.16 Å². The zero-order chi connectivity index (χ0) is 12.1. The van der Waals surface area contributed by atoms with E-state index in [1.807, 2.05) is 0 Å². The molecule has 0 radical (unpaired) electrons. The lowest BCUT2D eigenvalue weighted by Crippen LogP contribution is -2.36. The van der Waals surface area contributed by atoms with Crippen molar-refractivity contribution < 1.29 is 9.16 Å². The highest BCUT2D eigenvalue weighted by Gasteiger charge is 2.18. The van der Waals surface area contributed by atoms with Crippen LogP contribution in [0.3, 0.4) is 0 Å². The second-order valence-corrected chi connectivity index (χ2v) is 19.4. The largest absolute Gasteiger partial charge is 0.421 e. The van der Waals surface area contributed by atoms with Crippen molar-refractivity contribution in [3.05, 3.63) is 0 Å². The minimum Gasteiger partial charge on any atom is -0.421 e. The van der Waals surface area contributed by atoms with Gasteiger partial charge in [-0.05, 0) is 19.6 Å². The molecule has 5 heteroatoms. The molecule has 1 atom stereocenters. The van der Waals surface area contributed by atoms with E-state index in [0.717, 1.165) is 18.7 Å². The zero-order valence-corrected chi connectivity index (χ0v) is 14.7. The highest BCUT2D eigenvalue weighted by Crippen LogP contribution is 2.04. The SMILES string of the molecule is C[SiH](COC[Si](C)(C)C)CO[Si](C)(C)C. The van der Waals surface area contributed by atoms with E-state index in [4.69, 9.17) is 9.16 Å². The van der Waals surface area contributed by atoms with Crippen LogP contribution in [0, 0.1) is 0 Å². The Balaban J connectivity index is 3.54. The van der Waals surface area contributed by atoms with E-state index in [0.29, 0.717) is 0 Å². The number of ether oxygens (including phenoxy) is 1. The fourth-order valence-electron chi connectivity index (χ4n) is 1.01. The monoisotopic (exact) mass is 264 g/mol.